The van der Waals surface area contributed by atoms with Gasteiger partial charge in [0.2, 0.25) is 5.91 Å². The number of carbonyl (C=O) groups excluding carboxylic acids is 3. The van der Waals surface area contributed by atoms with Crippen molar-refractivity contribution in [2.75, 3.05) is 13.7 Å². The SMILES string of the molecule is COC(=O)C[C@@H]1CCCN1C(=O)[C@@H](N)C1CC2CCC(C1)N2C(=O)c1ccc(C(F)(F)F)cc1. The van der Waals surface area contributed by atoms with E-state index in [2.05, 4.69) is 0 Å². The minimum absolute atomic E-state index is 0.0955. The van der Waals surface area contributed by atoms with Gasteiger partial charge in [-0.25, -0.2) is 0 Å². The number of nitrogens with zero attached hydrogens (tertiary/aromatic N) is 2. The highest BCUT2D eigenvalue weighted by atomic mass is 19.4. The van der Waals surface area contributed by atoms with Crippen LogP contribution in [-0.4, -0.2) is 65.4 Å². The first kappa shape index (κ1) is 24.5. The first-order valence-electron chi connectivity index (χ1n) is 11.7. The Labute approximate surface area is 196 Å². The van der Waals surface area contributed by atoms with Gasteiger partial charge < -0.3 is 20.3 Å². The van der Waals surface area contributed by atoms with Crippen molar-refractivity contribution in [2.24, 2.45) is 11.7 Å². The van der Waals surface area contributed by atoms with Gasteiger partial charge in [0.1, 0.15) is 0 Å². The highest BCUT2D eigenvalue weighted by molar-refractivity contribution is 5.95. The van der Waals surface area contributed by atoms with Crippen LogP contribution in [-0.2, 0) is 20.5 Å². The van der Waals surface area contributed by atoms with Crippen LogP contribution in [0.4, 0.5) is 13.2 Å². The van der Waals surface area contributed by atoms with Crippen LogP contribution in [0.3, 0.4) is 0 Å². The number of carbonyl (C=O) groups is 3. The predicted molar refractivity (Wildman–Crippen MR) is 116 cm³/mol. The standard InChI is InChI=1S/C24H30F3N3O4/c1-34-20(31)13-17-3-2-10-29(17)23(33)21(28)15-11-18-8-9-19(12-15)30(18)22(32)14-4-6-16(7-5-14)24(25,26)27/h4-7,15,17-19,21H,2-3,8-13,28H2,1H3/t15?,17-,18?,19?,21-/m0/s1. The molecule has 4 atom stereocenters. The Kier molecular flexibility index (Phi) is 6.89. The van der Waals surface area contributed by atoms with Crippen molar-refractivity contribution in [2.45, 2.75) is 75.3 Å². The second-order valence-electron chi connectivity index (χ2n) is 9.54. The van der Waals surface area contributed by atoms with E-state index in [-0.39, 0.29) is 53.8 Å². The van der Waals surface area contributed by atoms with E-state index in [0.29, 0.717) is 19.4 Å². The third-order valence-corrected chi connectivity index (χ3v) is 7.55. The third kappa shape index (κ3) is 4.78. The fraction of sp³-hybridized carbons (Fsp3) is 0.625. The van der Waals surface area contributed by atoms with Gasteiger partial charge in [0.15, 0.2) is 0 Å². The maximum Gasteiger partial charge on any atom is 0.416 e. The van der Waals surface area contributed by atoms with Crippen LogP contribution < -0.4 is 5.73 Å². The van der Waals surface area contributed by atoms with Crippen molar-refractivity contribution in [3.05, 3.63) is 35.4 Å². The molecular formula is C24H30F3N3O4. The van der Waals surface area contributed by atoms with E-state index in [1.165, 1.54) is 19.2 Å². The second-order valence-corrected chi connectivity index (χ2v) is 9.54. The second kappa shape index (κ2) is 9.56. The van der Waals surface area contributed by atoms with E-state index in [4.69, 9.17) is 10.5 Å². The predicted octanol–water partition coefficient (Wildman–Crippen LogP) is 2.97. The van der Waals surface area contributed by atoms with Crippen molar-refractivity contribution < 1.29 is 32.3 Å². The number of hydrogen-bond donors (Lipinski definition) is 1. The van der Waals surface area contributed by atoms with E-state index >= 15 is 0 Å². The third-order valence-electron chi connectivity index (χ3n) is 7.55. The van der Waals surface area contributed by atoms with Crippen LogP contribution in [0.25, 0.3) is 0 Å². The fourth-order valence-corrected chi connectivity index (χ4v) is 5.80. The summed E-state index contributed by atoms with van der Waals surface area (Å²) in [5.41, 5.74) is 5.86. The number of piperidine rings is 1. The number of methoxy groups -OCH3 is 1. The number of amides is 2. The molecule has 2 amide bonds. The molecule has 2 unspecified atom stereocenters. The van der Waals surface area contributed by atoms with Crippen LogP contribution >= 0.6 is 0 Å². The van der Waals surface area contributed by atoms with Gasteiger partial charge in [0.05, 0.1) is 25.1 Å². The number of nitrogens with two attached hydrogens (primary N) is 1. The van der Waals surface area contributed by atoms with Gasteiger partial charge in [-0.2, -0.15) is 13.2 Å². The summed E-state index contributed by atoms with van der Waals surface area (Å²) in [5.74, 6) is -0.900. The summed E-state index contributed by atoms with van der Waals surface area (Å²) in [6.45, 7) is 0.562. The Hall–Kier alpha value is -2.62. The van der Waals surface area contributed by atoms with Gasteiger partial charge in [-0.05, 0) is 68.7 Å². The zero-order valence-corrected chi connectivity index (χ0v) is 19.1. The van der Waals surface area contributed by atoms with Gasteiger partial charge in [0.25, 0.3) is 5.91 Å². The van der Waals surface area contributed by atoms with E-state index in [1.807, 2.05) is 0 Å². The molecular weight excluding hydrogens is 451 g/mol. The number of alkyl halides is 3. The maximum atomic E-state index is 13.2. The molecule has 2 bridgehead atoms. The van der Waals surface area contributed by atoms with Crippen LogP contribution in [0.1, 0.15) is 60.9 Å². The number of halogens is 3. The van der Waals surface area contributed by atoms with Gasteiger partial charge in [-0.3, -0.25) is 14.4 Å². The van der Waals surface area contributed by atoms with Crippen LogP contribution in [0.5, 0.6) is 0 Å². The molecule has 186 valence electrons. The Bertz CT molecular complexity index is 922. The Morgan fingerprint density at radius 1 is 1.09 bits per heavy atom. The summed E-state index contributed by atoms with van der Waals surface area (Å²) in [6, 6.07) is 3.19. The van der Waals surface area contributed by atoms with Crippen molar-refractivity contribution in [1.82, 2.24) is 9.80 Å². The molecule has 4 rings (SSSR count). The highest BCUT2D eigenvalue weighted by Gasteiger charge is 2.47. The minimum atomic E-state index is -4.45. The molecule has 1 aromatic carbocycles. The van der Waals surface area contributed by atoms with Crippen molar-refractivity contribution in [3.8, 4) is 0 Å². The molecule has 0 radical (unpaired) electrons. The van der Waals surface area contributed by atoms with E-state index in [1.54, 1.807) is 9.80 Å². The lowest BCUT2D eigenvalue weighted by Gasteiger charge is -2.41. The summed E-state index contributed by atoms with van der Waals surface area (Å²) >= 11 is 0. The lowest BCUT2D eigenvalue weighted by Crippen LogP contribution is -2.55. The molecule has 0 saturated carbocycles. The molecule has 0 aliphatic carbocycles. The van der Waals surface area contributed by atoms with E-state index in [0.717, 1.165) is 37.8 Å². The van der Waals surface area contributed by atoms with E-state index < -0.39 is 17.8 Å². The molecule has 0 spiro atoms. The van der Waals surface area contributed by atoms with Crippen LogP contribution in [0.15, 0.2) is 24.3 Å². The summed E-state index contributed by atoms with van der Waals surface area (Å²) < 4.78 is 43.3. The van der Waals surface area contributed by atoms with Gasteiger partial charge in [-0.1, -0.05) is 0 Å². The molecule has 3 heterocycles. The molecule has 0 aromatic heterocycles. The molecule has 1 aromatic rings. The Morgan fingerprint density at radius 2 is 1.71 bits per heavy atom. The van der Waals surface area contributed by atoms with Crippen LogP contribution in [0.2, 0.25) is 0 Å². The summed E-state index contributed by atoms with van der Waals surface area (Å²) in [5, 5.41) is 0. The number of hydrogen-bond acceptors (Lipinski definition) is 5. The topological polar surface area (TPSA) is 92.9 Å². The normalized spacial score (nSPS) is 27.6. The first-order chi connectivity index (χ1) is 16.1. The maximum absolute atomic E-state index is 13.2. The molecule has 3 saturated heterocycles. The molecule has 10 heteroatoms. The lowest BCUT2D eigenvalue weighted by molar-refractivity contribution is -0.143. The summed E-state index contributed by atoms with van der Waals surface area (Å²) in [6.07, 6.45) is -0.0414. The summed E-state index contributed by atoms with van der Waals surface area (Å²) in [4.78, 5) is 41.5. The average molecular weight is 482 g/mol. The molecule has 2 N–H and O–H groups in total. The molecule has 34 heavy (non-hydrogen) atoms. The fourth-order valence-electron chi connectivity index (χ4n) is 5.80. The zero-order chi connectivity index (χ0) is 24.6. The lowest BCUT2D eigenvalue weighted by atomic mass is 9.84. The molecule has 3 aliphatic heterocycles. The Balaban J connectivity index is 1.41. The van der Waals surface area contributed by atoms with Gasteiger partial charge >= 0.3 is 12.1 Å². The number of esters is 1. The number of rotatable bonds is 5. The number of likely N-dealkylation sites (tertiary alicyclic amines) is 1. The number of ether oxygens (including phenoxy) is 1. The van der Waals surface area contributed by atoms with Crippen molar-refractivity contribution in [3.63, 3.8) is 0 Å². The summed E-state index contributed by atoms with van der Waals surface area (Å²) in [7, 11) is 1.32. The monoisotopic (exact) mass is 481 g/mol. The molecule has 3 aliphatic rings. The van der Waals surface area contributed by atoms with Gasteiger partial charge in [-0.15, -0.1) is 0 Å². The molecule has 3 fully saturated rings. The Morgan fingerprint density at radius 3 is 2.26 bits per heavy atom. The number of benzene rings is 1. The quantitative estimate of drug-likeness (QED) is 0.653. The molecule has 7 nitrogen and oxygen atoms in total. The zero-order valence-electron chi connectivity index (χ0n) is 19.1. The van der Waals surface area contributed by atoms with Crippen molar-refractivity contribution >= 4 is 17.8 Å². The average Bonchev–Trinajstić information content (AvgIpc) is 3.38. The first-order valence-corrected chi connectivity index (χ1v) is 11.7. The smallest absolute Gasteiger partial charge is 0.416 e. The highest BCUT2D eigenvalue weighted by Crippen LogP contribution is 2.41. The van der Waals surface area contributed by atoms with E-state index in [9.17, 15) is 27.6 Å². The minimum Gasteiger partial charge on any atom is -0.469 e. The van der Waals surface area contributed by atoms with Gasteiger partial charge in [0, 0.05) is 30.2 Å². The number of fused-ring (bicyclic) bond motifs is 2. The van der Waals surface area contributed by atoms with Crippen LogP contribution in [0, 0.1) is 5.92 Å². The largest absolute Gasteiger partial charge is 0.469 e. The van der Waals surface area contributed by atoms with Crippen molar-refractivity contribution in [1.29, 1.82) is 0 Å².